The Balaban J connectivity index is 0.000000321. The Morgan fingerprint density at radius 2 is 1.79 bits per heavy atom. The van der Waals surface area contributed by atoms with Crippen LogP contribution in [-0.2, 0) is 17.8 Å². The molecule has 0 radical (unpaired) electrons. The van der Waals surface area contributed by atoms with Gasteiger partial charge >= 0.3 is 5.97 Å². The summed E-state index contributed by atoms with van der Waals surface area (Å²) in [4.78, 5) is 29.4. The third-order valence-corrected chi connectivity index (χ3v) is 4.84. The van der Waals surface area contributed by atoms with Crippen LogP contribution in [0.25, 0.3) is 5.70 Å². The molecule has 3 rings (SSSR count). The SMILES string of the molecule is C=C(NCc1ccc(C(=O)O)c(C)c1)c1cc(NC=O)ncn1.CCc1ccc(F)c(C)c1. The maximum Gasteiger partial charge on any atom is 0.335 e. The van der Waals surface area contributed by atoms with Crippen molar-refractivity contribution in [1.29, 1.82) is 0 Å². The third kappa shape index (κ3) is 7.53. The van der Waals surface area contributed by atoms with Crippen LogP contribution >= 0.6 is 0 Å². The Morgan fingerprint density at radius 3 is 2.39 bits per heavy atom. The van der Waals surface area contributed by atoms with Crippen molar-refractivity contribution in [2.75, 3.05) is 5.32 Å². The number of aromatic carboxylic acids is 1. The van der Waals surface area contributed by atoms with Gasteiger partial charge in [0.15, 0.2) is 0 Å². The summed E-state index contributed by atoms with van der Waals surface area (Å²) in [5.74, 6) is -0.672. The van der Waals surface area contributed by atoms with Crippen molar-refractivity contribution >= 4 is 23.9 Å². The summed E-state index contributed by atoms with van der Waals surface area (Å²) >= 11 is 0. The number of carboxylic acid groups (broad SMARTS) is 1. The number of hydrogen-bond donors (Lipinski definition) is 3. The lowest BCUT2D eigenvalue weighted by molar-refractivity contribution is -0.105. The highest BCUT2D eigenvalue weighted by atomic mass is 19.1. The molecule has 0 aliphatic carbocycles. The van der Waals surface area contributed by atoms with E-state index in [0.29, 0.717) is 35.7 Å². The van der Waals surface area contributed by atoms with E-state index in [2.05, 4.69) is 34.1 Å². The summed E-state index contributed by atoms with van der Waals surface area (Å²) in [7, 11) is 0. The predicted molar refractivity (Wildman–Crippen MR) is 126 cm³/mol. The molecule has 7 nitrogen and oxygen atoms in total. The monoisotopic (exact) mass is 450 g/mol. The molecule has 1 amide bonds. The number of amides is 1. The van der Waals surface area contributed by atoms with Crippen molar-refractivity contribution < 1.29 is 19.1 Å². The van der Waals surface area contributed by atoms with Gasteiger partial charge in [0, 0.05) is 12.6 Å². The number of benzene rings is 2. The molecule has 0 atom stereocenters. The lowest BCUT2D eigenvalue weighted by atomic mass is 10.1. The van der Waals surface area contributed by atoms with Crippen molar-refractivity contribution in [3.8, 4) is 0 Å². The largest absolute Gasteiger partial charge is 0.478 e. The number of carbonyl (C=O) groups is 2. The normalized spacial score (nSPS) is 9.94. The summed E-state index contributed by atoms with van der Waals surface area (Å²) in [6.45, 7) is 9.97. The van der Waals surface area contributed by atoms with E-state index in [4.69, 9.17) is 5.11 Å². The Morgan fingerprint density at radius 1 is 1.09 bits per heavy atom. The van der Waals surface area contributed by atoms with Gasteiger partial charge in [0.2, 0.25) is 6.41 Å². The first-order valence-corrected chi connectivity index (χ1v) is 10.3. The molecule has 8 heteroatoms. The molecule has 0 bridgehead atoms. The molecular formula is C25H27FN4O3. The van der Waals surface area contributed by atoms with Crippen LogP contribution in [0.1, 0.15) is 45.2 Å². The standard InChI is InChI=1S/C16H16N4O3.C9H11F/c1-10-5-12(3-4-13(10)16(22)23)7-17-11(2)14-6-15(20-9-21)19-8-18-14;1-3-8-4-5-9(10)7(2)6-8/h3-6,8-9,17H,2,7H2,1H3,(H,22,23)(H,18,19,20,21);4-6H,3H2,1-2H3. The molecule has 0 aliphatic heterocycles. The highest BCUT2D eigenvalue weighted by Gasteiger charge is 2.08. The van der Waals surface area contributed by atoms with Gasteiger partial charge in [-0.3, -0.25) is 4.79 Å². The number of aryl methyl sites for hydroxylation is 3. The lowest BCUT2D eigenvalue weighted by Gasteiger charge is -2.11. The third-order valence-electron chi connectivity index (χ3n) is 4.84. The molecule has 0 fully saturated rings. The molecule has 0 saturated carbocycles. The number of aromatic nitrogens is 2. The van der Waals surface area contributed by atoms with E-state index in [0.717, 1.165) is 17.5 Å². The van der Waals surface area contributed by atoms with E-state index >= 15 is 0 Å². The summed E-state index contributed by atoms with van der Waals surface area (Å²) in [6.07, 6.45) is 2.84. The average molecular weight is 451 g/mol. The van der Waals surface area contributed by atoms with Crippen LogP contribution in [0.5, 0.6) is 0 Å². The van der Waals surface area contributed by atoms with Gasteiger partial charge < -0.3 is 15.7 Å². The first-order chi connectivity index (χ1) is 15.7. The van der Waals surface area contributed by atoms with Crippen molar-refractivity contribution in [3.05, 3.63) is 94.7 Å². The number of halogens is 1. The molecule has 2 aromatic carbocycles. The van der Waals surface area contributed by atoms with Crippen LogP contribution in [0.3, 0.4) is 0 Å². The fourth-order valence-corrected chi connectivity index (χ4v) is 2.96. The molecular weight excluding hydrogens is 423 g/mol. The predicted octanol–water partition coefficient (Wildman–Crippen LogP) is 4.51. The zero-order valence-corrected chi connectivity index (χ0v) is 18.9. The number of rotatable bonds is 8. The van der Waals surface area contributed by atoms with Gasteiger partial charge in [-0.15, -0.1) is 0 Å². The number of hydrogen-bond acceptors (Lipinski definition) is 5. The molecule has 1 heterocycles. The second kappa shape index (κ2) is 12.1. The second-order valence-corrected chi connectivity index (χ2v) is 7.27. The van der Waals surface area contributed by atoms with E-state index < -0.39 is 5.97 Å². The van der Waals surface area contributed by atoms with Crippen molar-refractivity contribution in [2.24, 2.45) is 0 Å². The number of carbonyl (C=O) groups excluding carboxylic acids is 1. The first kappa shape index (κ1) is 25.2. The summed E-state index contributed by atoms with van der Waals surface area (Å²) < 4.78 is 12.6. The molecule has 0 spiro atoms. The van der Waals surface area contributed by atoms with Crippen LogP contribution in [0.15, 0.2) is 55.4 Å². The molecule has 0 unspecified atom stereocenters. The molecule has 0 saturated heterocycles. The lowest BCUT2D eigenvalue weighted by Crippen LogP contribution is -2.13. The summed E-state index contributed by atoms with van der Waals surface area (Å²) in [6, 6.07) is 12.0. The van der Waals surface area contributed by atoms with Gasteiger partial charge in [-0.1, -0.05) is 37.8 Å². The van der Waals surface area contributed by atoms with E-state index in [-0.39, 0.29) is 11.4 Å². The maximum atomic E-state index is 12.6. The number of carboxylic acids is 1. The van der Waals surface area contributed by atoms with E-state index in [1.165, 1.54) is 18.0 Å². The first-order valence-electron chi connectivity index (χ1n) is 10.3. The van der Waals surface area contributed by atoms with Crippen molar-refractivity contribution in [2.45, 2.75) is 33.7 Å². The van der Waals surface area contributed by atoms with Crippen molar-refractivity contribution in [1.82, 2.24) is 15.3 Å². The average Bonchev–Trinajstić information content (AvgIpc) is 2.80. The zero-order chi connectivity index (χ0) is 24.4. The highest BCUT2D eigenvalue weighted by molar-refractivity contribution is 5.89. The minimum absolute atomic E-state index is 0.114. The van der Waals surface area contributed by atoms with Crippen LogP contribution in [0, 0.1) is 19.7 Å². The van der Waals surface area contributed by atoms with Gasteiger partial charge in [0.1, 0.15) is 18.0 Å². The summed E-state index contributed by atoms with van der Waals surface area (Å²) in [5.41, 5.74) is 4.96. The van der Waals surface area contributed by atoms with Gasteiger partial charge in [-0.2, -0.15) is 0 Å². The molecule has 172 valence electrons. The van der Waals surface area contributed by atoms with Gasteiger partial charge in [0.05, 0.1) is 17.0 Å². The van der Waals surface area contributed by atoms with E-state index in [1.807, 2.05) is 18.2 Å². The van der Waals surface area contributed by atoms with E-state index in [9.17, 15) is 14.0 Å². The Labute approximate surface area is 192 Å². The smallest absolute Gasteiger partial charge is 0.335 e. The van der Waals surface area contributed by atoms with E-state index in [1.54, 1.807) is 32.0 Å². The highest BCUT2D eigenvalue weighted by Crippen LogP contribution is 2.14. The minimum Gasteiger partial charge on any atom is -0.478 e. The molecule has 3 N–H and O–H groups in total. The fourth-order valence-electron chi connectivity index (χ4n) is 2.96. The van der Waals surface area contributed by atoms with Gasteiger partial charge in [0.25, 0.3) is 0 Å². The maximum absolute atomic E-state index is 12.6. The number of nitrogens with zero attached hydrogens (tertiary/aromatic N) is 2. The Hall–Kier alpha value is -4.07. The Kier molecular flexibility index (Phi) is 9.23. The Bertz CT molecular complexity index is 1150. The molecule has 1 aromatic heterocycles. The molecule has 0 aliphatic rings. The van der Waals surface area contributed by atoms with Gasteiger partial charge in [-0.25, -0.2) is 19.2 Å². The minimum atomic E-state index is -0.942. The van der Waals surface area contributed by atoms with Gasteiger partial charge in [-0.05, 0) is 54.7 Å². The quantitative estimate of drug-likeness (QED) is 0.436. The van der Waals surface area contributed by atoms with Crippen molar-refractivity contribution in [3.63, 3.8) is 0 Å². The van der Waals surface area contributed by atoms with Crippen LogP contribution < -0.4 is 10.6 Å². The molecule has 33 heavy (non-hydrogen) atoms. The number of anilines is 1. The summed E-state index contributed by atoms with van der Waals surface area (Å²) in [5, 5.41) is 14.6. The second-order valence-electron chi connectivity index (χ2n) is 7.27. The number of nitrogens with one attached hydrogen (secondary N) is 2. The fraction of sp³-hybridized carbons (Fsp3) is 0.200. The topological polar surface area (TPSA) is 104 Å². The van der Waals surface area contributed by atoms with Crippen LogP contribution in [-0.4, -0.2) is 27.5 Å². The van der Waals surface area contributed by atoms with Crippen LogP contribution in [0.4, 0.5) is 10.2 Å². The zero-order valence-electron chi connectivity index (χ0n) is 18.9. The molecule has 3 aromatic rings. The van der Waals surface area contributed by atoms with Crippen LogP contribution in [0.2, 0.25) is 0 Å².